The number of esters is 1. The van der Waals surface area contributed by atoms with Crippen LogP contribution in [0.15, 0.2) is 12.7 Å². The molecule has 3 rings (SSSR count). The van der Waals surface area contributed by atoms with E-state index in [9.17, 15) is 25.2 Å². The number of carbonyl (C=O) groups is 1. The maximum atomic E-state index is 11.4. The molecule has 25 heavy (non-hydrogen) atoms. The minimum atomic E-state index is -2.75. The van der Waals surface area contributed by atoms with Crippen LogP contribution in [0.5, 0.6) is 0 Å². The summed E-state index contributed by atoms with van der Waals surface area (Å²) in [6.07, 6.45) is -3.34. The number of nitrogens with two attached hydrogens (primary N) is 1. The third kappa shape index (κ3) is 2.56. The van der Waals surface area contributed by atoms with Gasteiger partial charge in [-0.1, -0.05) is 0 Å². The number of hydrogen-bond donors (Lipinski definition) is 5. The highest BCUT2D eigenvalue weighted by Crippen LogP contribution is 2.51. The third-order valence-electron chi connectivity index (χ3n) is 3.70. The fourth-order valence-electron chi connectivity index (χ4n) is 2.60. The maximum absolute atomic E-state index is 11.4. The minimum Gasteiger partial charge on any atom is -0.424 e. The molecule has 2 aromatic heterocycles. The van der Waals surface area contributed by atoms with Crippen molar-refractivity contribution >= 4 is 38.9 Å². The monoisotopic (exact) mass is 419 g/mol. The molecular weight excluding hydrogens is 406 g/mol. The van der Waals surface area contributed by atoms with Crippen LogP contribution in [-0.2, 0) is 14.3 Å². The van der Waals surface area contributed by atoms with Crippen LogP contribution in [-0.4, -0.2) is 68.6 Å². The molecule has 0 saturated carbocycles. The molecule has 0 aliphatic carbocycles. The van der Waals surface area contributed by atoms with E-state index in [4.69, 9.17) is 15.2 Å². The lowest BCUT2D eigenvalue weighted by Gasteiger charge is -2.35. The van der Waals surface area contributed by atoms with Crippen LogP contribution in [0.3, 0.4) is 0 Å². The number of fused-ring (bicyclic) bond motifs is 1. The Bertz CT molecular complexity index is 827. The number of carbonyl (C=O) groups excluding carboxylic acids is 1. The molecule has 6 N–H and O–H groups in total. The predicted molar refractivity (Wildman–Crippen MR) is 82.5 cm³/mol. The summed E-state index contributed by atoms with van der Waals surface area (Å²) in [7, 11) is 0. The molecule has 0 aromatic carbocycles. The first-order chi connectivity index (χ1) is 11.6. The SMILES string of the molecule is CC(=O)O[C@]1(O)[C@H](n2cnc3c(N)ncnc32)O[C@H](C(O)O)[C@]1(O)Br. The van der Waals surface area contributed by atoms with Crippen molar-refractivity contribution < 1.29 is 34.7 Å². The summed E-state index contributed by atoms with van der Waals surface area (Å²) in [5, 5.41) is 40.3. The lowest BCUT2D eigenvalue weighted by atomic mass is 10.1. The molecular formula is C12H14BrN5O7. The Balaban J connectivity index is 2.18. The van der Waals surface area contributed by atoms with Gasteiger partial charge in [0.1, 0.15) is 11.8 Å². The molecule has 4 atom stereocenters. The first-order valence-electron chi connectivity index (χ1n) is 6.87. The molecule has 0 amide bonds. The number of rotatable bonds is 3. The van der Waals surface area contributed by atoms with E-state index in [1.165, 1.54) is 0 Å². The van der Waals surface area contributed by atoms with E-state index in [2.05, 4.69) is 30.9 Å². The molecule has 136 valence electrons. The smallest absolute Gasteiger partial charge is 0.305 e. The summed E-state index contributed by atoms with van der Waals surface area (Å²) >= 11 is 2.76. The second kappa shape index (κ2) is 5.82. The number of imidazole rings is 1. The van der Waals surface area contributed by atoms with Crippen molar-refractivity contribution in [2.24, 2.45) is 0 Å². The first-order valence-corrected chi connectivity index (χ1v) is 7.66. The largest absolute Gasteiger partial charge is 0.424 e. The Morgan fingerprint density at radius 2 is 2.12 bits per heavy atom. The van der Waals surface area contributed by atoms with E-state index in [0.29, 0.717) is 0 Å². The molecule has 1 aliphatic heterocycles. The average Bonchev–Trinajstić information content (AvgIpc) is 2.98. The lowest BCUT2D eigenvalue weighted by Crippen LogP contribution is -2.58. The van der Waals surface area contributed by atoms with Crippen LogP contribution in [0, 0.1) is 0 Å². The van der Waals surface area contributed by atoms with E-state index >= 15 is 0 Å². The molecule has 0 bridgehead atoms. The van der Waals surface area contributed by atoms with Gasteiger partial charge in [-0.15, -0.1) is 0 Å². The van der Waals surface area contributed by atoms with Gasteiger partial charge in [0.05, 0.1) is 6.33 Å². The molecule has 0 radical (unpaired) electrons. The van der Waals surface area contributed by atoms with Crippen LogP contribution >= 0.6 is 15.9 Å². The second-order valence-corrected chi connectivity index (χ2v) is 6.58. The Morgan fingerprint density at radius 3 is 2.72 bits per heavy atom. The van der Waals surface area contributed by atoms with E-state index in [1.807, 2.05) is 0 Å². The molecule has 0 spiro atoms. The lowest BCUT2D eigenvalue weighted by molar-refractivity contribution is -0.270. The number of halogens is 1. The van der Waals surface area contributed by atoms with Gasteiger partial charge in [-0.2, -0.15) is 0 Å². The van der Waals surface area contributed by atoms with Gasteiger partial charge in [-0.25, -0.2) is 15.0 Å². The van der Waals surface area contributed by atoms with Crippen LogP contribution in [0.2, 0.25) is 0 Å². The second-order valence-electron chi connectivity index (χ2n) is 5.37. The van der Waals surface area contributed by atoms with Gasteiger partial charge in [0.2, 0.25) is 10.7 Å². The third-order valence-corrected chi connectivity index (χ3v) is 4.72. The number of aliphatic hydroxyl groups excluding tert-OH is 1. The fourth-order valence-corrected chi connectivity index (χ4v) is 3.22. The van der Waals surface area contributed by atoms with Gasteiger partial charge < -0.3 is 35.6 Å². The molecule has 2 aromatic rings. The highest BCUT2D eigenvalue weighted by molar-refractivity contribution is 9.10. The van der Waals surface area contributed by atoms with Crippen LogP contribution in [0.1, 0.15) is 13.2 Å². The van der Waals surface area contributed by atoms with Crippen molar-refractivity contribution in [3.63, 3.8) is 0 Å². The quantitative estimate of drug-likeness (QED) is 0.209. The van der Waals surface area contributed by atoms with E-state index < -0.39 is 34.9 Å². The number of hydrogen-bond acceptors (Lipinski definition) is 11. The Morgan fingerprint density at radius 1 is 1.44 bits per heavy atom. The Kier molecular flexibility index (Phi) is 4.17. The highest BCUT2D eigenvalue weighted by Gasteiger charge is 2.70. The summed E-state index contributed by atoms with van der Waals surface area (Å²) in [6, 6.07) is 0. The Hall–Kier alpha value is -1.90. The van der Waals surface area contributed by atoms with Crippen molar-refractivity contribution in [1.29, 1.82) is 0 Å². The fraction of sp³-hybridized carbons (Fsp3) is 0.500. The summed E-state index contributed by atoms with van der Waals surface area (Å²) in [6.45, 7) is 0.993. The number of anilines is 1. The van der Waals surface area contributed by atoms with Gasteiger partial charge in [-0.3, -0.25) is 9.36 Å². The standard InChI is InChI=1S/C12H14BrN5O7/c1-4(19)25-12(23)10(24-6(9(20)21)11(12,13)22)18-3-17-5-7(14)15-2-16-8(5)18/h2-3,6,9-10,20-23H,1H3,(H2,14,15,16)/t6-,10-,11-,12-/m1/s1. The summed E-state index contributed by atoms with van der Waals surface area (Å²) in [4.78, 5) is 23.2. The number of nitrogen functional groups attached to an aromatic ring is 1. The number of aliphatic hydroxyl groups is 4. The van der Waals surface area contributed by atoms with Gasteiger partial charge in [0.25, 0.3) is 5.79 Å². The van der Waals surface area contributed by atoms with E-state index in [0.717, 1.165) is 24.1 Å². The van der Waals surface area contributed by atoms with Crippen molar-refractivity contribution in [3.8, 4) is 0 Å². The topological polar surface area (TPSA) is 186 Å². The highest BCUT2D eigenvalue weighted by atomic mass is 79.9. The van der Waals surface area contributed by atoms with E-state index in [-0.39, 0.29) is 17.0 Å². The van der Waals surface area contributed by atoms with Crippen molar-refractivity contribution in [1.82, 2.24) is 19.5 Å². The molecule has 0 unspecified atom stereocenters. The van der Waals surface area contributed by atoms with Gasteiger partial charge in [0.15, 0.2) is 23.9 Å². The molecule has 1 saturated heterocycles. The van der Waals surface area contributed by atoms with Crippen LogP contribution in [0.25, 0.3) is 11.2 Å². The summed E-state index contributed by atoms with van der Waals surface area (Å²) in [5.41, 5.74) is 5.96. The van der Waals surface area contributed by atoms with Gasteiger partial charge >= 0.3 is 5.97 Å². The van der Waals surface area contributed by atoms with Gasteiger partial charge in [-0.05, 0) is 15.9 Å². The van der Waals surface area contributed by atoms with E-state index in [1.54, 1.807) is 0 Å². The molecule has 1 aliphatic rings. The van der Waals surface area contributed by atoms with Crippen LogP contribution < -0.4 is 5.73 Å². The summed E-state index contributed by atoms with van der Waals surface area (Å²) < 4.78 is 8.76. The first kappa shape index (κ1) is 17.9. The zero-order valence-corrected chi connectivity index (χ0v) is 14.2. The number of nitrogens with zero attached hydrogens (tertiary/aromatic N) is 4. The zero-order valence-electron chi connectivity index (χ0n) is 12.6. The molecule has 1 fully saturated rings. The predicted octanol–water partition coefficient (Wildman–Crippen LogP) is -2.05. The molecule has 12 nitrogen and oxygen atoms in total. The number of ether oxygens (including phenoxy) is 2. The number of alkyl halides is 1. The molecule has 3 heterocycles. The van der Waals surface area contributed by atoms with Gasteiger partial charge in [0, 0.05) is 6.92 Å². The summed E-state index contributed by atoms with van der Waals surface area (Å²) in [5.74, 6) is -3.66. The van der Waals surface area contributed by atoms with Crippen LogP contribution in [0.4, 0.5) is 5.82 Å². The van der Waals surface area contributed by atoms with Crippen molar-refractivity contribution in [3.05, 3.63) is 12.7 Å². The average molecular weight is 420 g/mol. The maximum Gasteiger partial charge on any atom is 0.305 e. The van der Waals surface area contributed by atoms with Crippen molar-refractivity contribution in [2.75, 3.05) is 5.73 Å². The Labute approximate surface area is 148 Å². The molecule has 13 heteroatoms. The van der Waals surface area contributed by atoms with Crippen molar-refractivity contribution in [2.45, 2.75) is 35.8 Å². The normalized spacial score (nSPS) is 32.4. The zero-order chi connectivity index (χ0) is 18.6. The number of aromatic nitrogens is 4. The minimum absolute atomic E-state index is 0.0469.